The van der Waals surface area contributed by atoms with Gasteiger partial charge in [0.25, 0.3) is 0 Å². The molecule has 4 aromatic carbocycles. The molecule has 0 spiro atoms. The Bertz CT molecular complexity index is 1860. The summed E-state index contributed by atoms with van der Waals surface area (Å²) in [5.74, 6) is -1.70. The number of nitrogens with zero attached hydrogens (tertiary/aromatic N) is 2. The lowest BCUT2D eigenvalue weighted by Crippen LogP contribution is -2.41. The van der Waals surface area contributed by atoms with E-state index in [0.29, 0.717) is 17.1 Å². The number of fused-ring (bicyclic) bond motifs is 2. The fourth-order valence-electron chi connectivity index (χ4n) is 5.61. The molecule has 0 bridgehead atoms. The number of halogens is 2. The van der Waals surface area contributed by atoms with E-state index in [-0.39, 0.29) is 42.6 Å². The zero-order chi connectivity index (χ0) is 30.8. The van der Waals surface area contributed by atoms with Crippen LogP contribution in [0.4, 0.5) is 14.5 Å². The van der Waals surface area contributed by atoms with Gasteiger partial charge in [-0.25, -0.2) is 8.78 Å². The number of para-hydroxylation sites is 2. The van der Waals surface area contributed by atoms with E-state index in [4.69, 9.17) is 14.2 Å². The van der Waals surface area contributed by atoms with E-state index in [1.54, 1.807) is 6.92 Å². The van der Waals surface area contributed by atoms with Crippen molar-refractivity contribution in [2.75, 3.05) is 25.1 Å². The number of benzene rings is 4. The fraction of sp³-hybridized carbons (Fsp3) is 0.229. The number of Topliss-reactive ketones (excluding diaryl/α,β-unsaturated/α-hetero) is 1. The van der Waals surface area contributed by atoms with Gasteiger partial charge < -0.3 is 19.1 Å². The van der Waals surface area contributed by atoms with Crippen LogP contribution in [0.5, 0.6) is 11.5 Å². The SMILES string of the molecule is CN1C[C@@H](COc2ccc(C(=O)C3(C)N=c4ccc(F)cc4=C3CC(=O)OCc3ccccc3)cc2F)Oc2ccccc21. The summed E-state index contributed by atoms with van der Waals surface area (Å²) in [4.78, 5) is 33.5. The van der Waals surface area contributed by atoms with Gasteiger partial charge in [0.2, 0.25) is 0 Å². The van der Waals surface area contributed by atoms with E-state index >= 15 is 4.39 Å². The minimum absolute atomic E-state index is 0.0285. The molecular formula is C35H30F2N2O5. The van der Waals surface area contributed by atoms with Crippen molar-refractivity contribution in [3.8, 4) is 11.5 Å². The Labute approximate surface area is 253 Å². The lowest BCUT2D eigenvalue weighted by atomic mass is 9.83. The molecule has 0 saturated heterocycles. The van der Waals surface area contributed by atoms with E-state index in [2.05, 4.69) is 4.99 Å². The quantitative estimate of drug-likeness (QED) is 0.204. The minimum Gasteiger partial charge on any atom is -0.487 e. The Balaban J connectivity index is 1.20. The van der Waals surface area contributed by atoms with Crippen molar-refractivity contribution in [2.24, 2.45) is 4.99 Å². The van der Waals surface area contributed by atoms with Crippen molar-refractivity contribution < 1.29 is 32.6 Å². The second-order valence-corrected chi connectivity index (χ2v) is 11.0. The van der Waals surface area contributed by atoms with Crippen LogP contribution in [0.3, 0.4) is 0 Å². The lowest BCUT2D eigenvalue weighted by molar-refractivity contribution is -0.143. The van der Waals surface area contributed by atoms with Gasteiger partial charge in [0.05, 0.1) is 24.0 Å². The van der Waals surface area contributed by atoms with Crippen molar-refractivity contribution in [3.05, 3.63) is 124 Å². The van der Waals surface area contributed by atoms with Crippen LogP contribution < -0.4 is 24.9 Å². The Morgan fingerprint density at radius 1 is 1.00 bits per heavy atom. The maximum atomic E-state index is 15.3. The van der Waals surface area contributed by atoms with E-state index < -0.39 is 28.9 Å². The standard InChI is InChI=1S/C35H30F2N2O5/c1-35(27(26-17-24(36)13-14-29(26)38-35)18-33(40)43-20-22-8-4-3-5-9-22)34(41)23-12-15-31(28(37)16-23)42-21-25-19-39(2)30-10-6-7-11-32(30)44-25/h3-17,25H,18-21H2,1-2H3/t25-,35?/m0/s1. The average molecular weight is 597 g/mol. The summed E-state index contributed by atoms with van der Waals surface area (Å²) in [6.45, 7) is 2.25. The van der Waals surface area contributed by atoms with Crippen LogP contribution in [-0.2, 0) is 16.1 Å². The molecule has 2 aliphatic rings. The first-order valence-electron chi connectivity index (χ1n) is 14.2. The Morgan fingerprint density at radius 2 is 1.77 bits per heavy atom. The third kappa shape index (κ3) is 5.77. The van der Waals surface area contributed by atoms with Crippen LogP contribution in [0.15, 0.2) is 96.0 Å². The van der Waals surface area contributed by atoms with Crippen molar-refractivity contribution in [2.45, 2.75) is 31.6 Å². The van der Waals surface area contributed by atoms with Gasteiger partial charge in [0.15, 0.2) is 17.3 Å². The molecule has 2 aliphatic heterocycles. The monoisotopic (exact) mass is 596 g/mol. The van der Waals surface area contributed by atoms with Gasteiger partial charge in [0, 0.05) is 17.8 Å². The predicted molar refractivity (Wildman–Crippen MR) is 160 cm³/mol. The molecule has 9 heteroatoms. The molecular weight excluding hydrogens is 566 g/mol. The molecule has 2 heterocycles. The third-order valence-electron chi connectivity index (χ3n) is 7.89. The van der Waals surface area contributed by atoms with E-state index in [9.17, 15) is 14.0 Å². The van der Waals surface area contributed by atoms with Crippen LogP contribution in [0, 0.1) is 11.6 Å². The molecule has 1 unspecified atom stereocenters. The van der Waals surface area contributed by atoms with E-state index in [1.807, 2.05) is 66.5 Å². The van der Waals surface area contributed by atoms with Gasteiger partial charge in [-0.3, -0.25) is 14.6 Å². The maximum absolute atomic E-state index is 15.3. The third-order valence-corrected chi connectivity index (χ3v) is 7.89. The molecule has 0 radical (unpaired) electrons. The molecule has 0 N–H and O–H groups in total. The zero-order valence-corrected chi connectivity index (χ0v) is 24.3. The molecule has 6 rings (SSSR count). The zero-order valence-electron chi connectivity index (χ0n) is 24.3. The molecule has 0 amide bonds. The van der Waals surface area contributed by atoms with Crippen molar-refractivity contribution in [1.82, 2.24) is 0 Å². The largest absolute Gasteiger partial charge is 0.487 e. The fourth-order valence-corrected chi connectivity index (χ4v) is 5.61. The number of carbonyl (C=O) groups excluding carboxylic acids is 2. The molecule has 0 fully saturated rings. The summed E-state index contributed by atoms with van der Waals surface area (Å²) in [6, 6.07) is 24.7. The highest BCUT2D eigenvalue weighted by Gasteiger charge is 2.42. The van der Waals surface area contributed by atoms with Gasteiger partial charge in [-0.05, 0) is 66.6 Å². The normalized spacial score (nSPS) is 18.5. The number of esters is 1. The number of ether oxygens (including phenoxy) is 3. The minimum atomic E-state index is -1.58. The predicted octanol–water partition coefficient (Wildman–Crippen LogP) is 4.80. The van der Waals surface area contributed by atoms with Crippen molar-refractivity contribution >= 4 is 23.0 Å². The number of likely N-dealkylation sites (N-methyl/N-ethyl adjacent to an activating group) is 1. The second kappa shape index (κ2) is 11.9. The molecule has 2 atom stereocenters. The summed E-state index contributed by atoms with van der Waals surface area (Å²) < 4.78 is 46.8. The van der Waals surface area contributed by atoms with Gasteiger partial charge in [-0.1, -0.05) is 42.5 Å². The molecule has 0 saturated carbocycles. The molecule has 7 nitrogen and oxygen atoms in total. The summed E-state index contributed by atoms with van der Waals surface area (Å²) >= 11 is 0. The highest BCUT2D eigenvalue weighted by Crippen LogP contribution is 2.34. The topological polar surface area (TPSA) is 77.4 Å². The van der Waals surface area contributed by atoms with Crippen LogP contribution in [0.1, 0.15) is 29.3 Å². The van der Waals surface area contributed by atoms with Gasteiger partial charge in [-0.2, -0.15) is 0 Å². The molecule has 224 valence electrons. The van der Waals surface area contributed by atoms with E-state index in [0.717, 1.165) is 23.1 Å². The highest BCUT2D eigenvalue weighted by molar-refractivity contribution is 6.11. The summed E-state index contributed by atoms with van der Waals surface area (Å²) in [5.41, 5.74) is 0.512. The molecule has 44 heavy (non-hydrogen) atoms. The number of hydrogen-bond donors (Lipinski definition) is 0. The molecule has 0 aliphatic carbocycles. The number of rotatable bonds is 9. The van der Waals surface area contributed by atoms with E-state index in [1.165, 1.54) is 30.3 Å². The molecule has 4 aromatic rings. The smallest absolute Gasteiger partial charge is 0.310 e. The highest BCUT2D eigenvalue weighted by atomic mass is 19.1. The van der Waals surface area contributed by atoms with Crippen LogP contribution in [0.2, 0.25) is 0 Å². The number of ketones is 1. The Morgan fingerprint density at radius 3 is 2.57 bits per heavy atom. The molecule has 0 aromatic heterocycles. The number of carbonyl (C=O) groups is 2. The van der Waals surface area contributed by atoms with Crippen molar-refractivity contribution in [1.29, 1.82) is 0 Å². The Kier molecular flexibility index (Phi) is 7.86. The first-order chi connectivity index (χ1) is 21.2. The first kappa shape index (κ1) is 29.0. The van der Waals surface area contributed by atoms with Gasteiger partial charge in [0.1, 0.15) is 36.4 Å². The van der Waals surface area contributed by atoms with Crippen LogP contribution in [0.25, 0.3) is 5.57 Å². The summed E-state index contributed by atoms with van der Waals surface area (Å²) in [6.07, 6.45) is -0.623. The first-order valence-corrected chi connectivity index (χ1v) is 14.2. The summed E-state index contributed by atoms with van der Waals surface area (Å²) in [5, 5.41) is 0.713. The number of hydrogen-bond acceptors (Lipinski definition) is 7. The Hall–Kier alpha value is -5.05. The van der Waals surface area contributed by atoms with Crippen LogP contribution in [-0.4, -0.2) is 43.6 Å². The second-order valence-electron chi connectivity index (χ2n) is 11.0. The van der Waals surface area contributed by atoms with Crippen LogP contribution >= 0.6 is 0 Å². The average Bonchev–Trinajstić information content (AvgIpc) is 3.30. The van der Waals surface area contributed by atoms with Gasteiger partial charge in [-0.15, -0.1) is 0 Å². The van der Waals surface area contributed by atoms with Crippen molar-refractivity contribution in [3.63, 3.8) is 0 Å². The van der Waals surface area contributed by atoms with Gasteiger partial charge >= 0.3 is 5.97 Å². The summed E-state index contributed by atoms with van der Waals surface area (Å²) in [7, 11) is 1.95. The maximum Gasteiger partial charge on any atom is 0.310 e. The lowest BCUT2D eigenvalue weighted by Gasteiger charge is -2.33. The number of anilines is 1.